The molecule has 2 aromatic rings. The SMILES string of the molecule is O=C(NCC1(c2ccc3c(c2)OCO3)CCCCC1)c1s[nH]c(=O)c1Cl. The first-order valence-electron chi connectivity index (χ1n) is 8.64. The summed E-state index contributed by atoms with van der Waals surface area (Å²) in [5.74, 6) is 1.20. The van der Waals surface area contributed by atoms with Crippen molar-refractivity contribution in [3.05, 3.63) is 44.0 Å². The highest BCUT2D eigenvalue weighted by Crippen LogP contribution is 2.43. The molecule has 1 amide bonds. The van der Waals surface area contributed by atoms with Gasteiger partial charge in [0, 0.05) is 12.0 Å². The van der Waals surface area contributed by atoms with Gasteiger partial charge >= 0.3 is 0 Å². The summed E-state index contributed by atoms with van der Waals surface area (Å²) in [5, 5.41) is 2.94. The van der Waals surface area contributed by atoms with Gasteiger partial charge in [-0.2, -0.15) is 0 Å². The maximum Gasteiger partial charge on any atom is 0.277 e. The van der Waals surface area contributed by atoms with E-state index in [1.165, 1.54) is 6.42 Å². The molecule has 1 aliphatic carbocycles. The summed E-state index contributed by atoms with van der Waals surface area (Å²) in [5.41, 5.74) is 0.572. The van der Waals surface area contributed by atoms with Gasteiger partial charge in [0.2, 0.25) is 6.79 Å². The van der Waals surface area contributed by atoms with Crippen molar-refractivity contribution in [3.8, 4) is 11.5 Å². The Hall–Kier alpha value is -1.99. The number of benzene rings is 1. The molecule has 1 aromatic carbocycles. The molecule has 0 unspecified atom stereocenters. The number of carbonyl (C=O) groups is 1. The number of H-pyrrole nitrogens is 1. The van der Waals surface area contributed by atoms with Crippen molar-refractivity contribution in [2.45, 2.75) is 37.5 Å². The molecule has 1 aromatic heterocycles. The molecule has 0 bridgehead atoms. The maximum absolute atomic E-state index is 12.5. The average Bonchev–Trinajstić information content (AvgIpc) is 3.27. The van der Waals surface area contributed by atoms with Crippen LogP contribution in [0.15, 0.2) is 23.0 Å². The Kier molecular flexibility index (Phi) is 4.67. The van der Waals surface area contributed by atoms with Gasteiger partial charge in [-0.3, -0.25) is 14.0 Å². The number of aromatic amines is 1. The molecule has 138 valence electrons. The lowest BCUT2D eigenvalue weighted by atomic mass is 9.69. The molecule has 1 aliphatic heterocycles. The first-order valence-corrected chi connectivity index (χ1v) is 9.84. The van der Waals surface area contributed by atoms with Crippen LogP contribution in [0, 0.1) is 0 Å². The van der Waals surface area contributed by atoms with E-state index in [-0.39, 0.29) is 28.0 Å². The second-order valence-electron chi connectivity index (χ2n) is 6.77. The quantitative estimate of drug-likeness (QED) is 0.832. The van der Waals surface area contributed by atoms with Crippen molar-refractivity contribution in [1.82, 2.24) is 9.69 Å². The molecule has 2 heterocycles. The summed E-state index contributed by atoms with van der Waals surface area (Å²) >= 11 is 6.88. The van der Waals surface area contributed by atoms with Gasteiger partial charge in [0.25, 0.3) is 11.5 Å². The molecule has 0 saturated heterocycles. The summed E-state index contributed by atoms with van der Waals surface area (Å²) in [4.78, 5) is 24.2. The van der Waals surface area contributed by atoms with Crippen LogP contribution in [0.3, 0.4) is 0 Å². The summed E-state index contributed by atoms with van der Waals surface area (Å²) in [7, 11) is 0. The minimum Gasteiger partial charge on any atom is -0.454 e. The Bertz CT molecular complexity index is 886. The number of fused-ring (bicyclic) bond motifs is 1. The second kappa shape index (κ2) is 6.96. The molecular formula is C18H19ClN2O4S. The monoisotopic (exact) mass is 394 g/mol. The number of amides is 1. The van der Waals surface area contributed by atoms with E-state index in [0.29, 0.717) is 6.54 Å². The van der Waals surface area contributed by atoms with Crippen LogP contribution in [0.1, 0.15) is 47.3 Å². The zero-order valence-corrected chi connectivity index (χ0v) is 15.7. The molecule has 8 heteroatoms. The van der Waals surface area contributed by atoms with E-state index in [1.54, 1.807) is 0 Å². The second-order valence-corrected chi connectivity index (χ2v) is 7.96. The minimum absolute atomic E-state index is 0.0479. The van der Waals surface area contributed by atoms with Crippen LogP contribution in [0.4, 0.5) is 0 Å². The highest BCUT2D eigenvalue weighted by atomic mass is 35.5. The number of aromatic nitrogens is 1. The number of halogens is 1. The van der Waals surface area contributed by atoms with Crippen LogP contribution in [0.2, 0.25) is 5.02 Å². The lowest BCUT2D eigenvalue weighted by Crippen LogP contribution is -2.42. The fourth-order valence-corrected chi connectivity index (χ4v) is 4.74. The van der Waals surface area contributed by atoms with Crippen molar-refractivity contribution in [2.24, 2.45) is 0 Å². The smallest absolute Gasteiger partial charge is 0.277 e. The fraction of sp³-hybridized carbons (Fsp3) is 0.444. The lowest BCUT2D eigenvalue weighted by Gasteiger charge is -2.38. The zero-order valence-electron chi connectivity index (χ0n) is 14.1. The van der Waals surface area contributed by atoms with E-state index in [1.807, 2.05) is 12.1 Å². The zero-order chi connectivity index (χ0) is 18.1. The Labute approximate surface area is 159 Å². The van der Waals surface area contributed by atoms with Crippen molar-refractivity contribution in [1.29, 1.82) is 0 Å². The summed E-state index contributed by atoms with van der Waals surface area (Å²) in [6.07, 6.45) is 5.41. The van der Waals surface area contributed by atoms with Crippen molar-refractivity contribution >= 4 is 29.0 Å². The van der Waals surface area contributed by atoms with Gasteiger partial charge in [-0.15, -0.1) is 0 Å². The van der Waals surface area contributed by atoms with Crippen molar-refractivity contribution in [3.63, 3.8) is 0 Å². The van der Waals surface area contributed by atoms with E-state index < -0.39 is 5.56 Å². The topological polar surface area (TPSA) is 80.4 Å². The van der Waals surface area contributed by atoms with Gasteiger partial charge in [-0.25, -0.2) is 0 Å². The number of hydrogen-bond acceptors (Lipinski definition) is 5. The van der Waals surface area contributed by atoms with Gasteiger partial charge < -0.3 is 14.8 Å². The third-order valence-corrected chi connectivity index (χ3v) is 6.59. The number of carbonyl (C=O) groups excluding carboxylic acids is 1. The van der Waals surface area contributed by atoms with Gasteiger partial charge in [-0.1, -0.05) is 48.5 Å². The first kappa shape index (κ1) is 17.4. The molecule has 6 nitrogen and oxygen atoms in total. The van der Waals surface area contributed by atoms with Gasteiger partial charge in [-0.05, 0) is 30.5 Å². The number of ether oxygens (including phenoxy) is 2. The van der Waals surface area contributed by atoms with Crippen LogP contribution in [-0.2, 0) is 5.41 Å². The van der Waals surface area contributed by atoms with Crippen LogP contribution < -0.4 is 20.3 Å². The first-order chi connectivity index (χ1) is 12.6. The number of nitrogens with one attached hydrogen (secondary N) is 2. The summed E-state index contributed by atoms with van der Waals surface area (Å²) < 4.78 is 13.4. The molecular weight excluding hydrogens is 376 g/mol. The summed E-state index contributed by atoms with van der Waals surface area (Å²) in [6, 6.07) is 6.03. The van der Waals surface area contributed by atoms with Gasteiger partial charge in [0.1, 0.15) is 9.90 Å². The molecule has 0 radical (unpaired) electrons. The predicted molar refractivity (Wildman–Crippen MR) is 99.6 cm³/mol. The Balaban J connectivity index is 1.58. The van der Waals surface area contributed by atoms with E-state index in [0.717, 1.165) is 54.3 Å². The van der Waals surface area contributed by atoms with Crippen LogP contribution in [0.5, 0.6) is 11.5 Å². The normalized spacial score (nSPS) is 17.9. The molecule has 2 aliphatic rings. The van der Waals surface area contributed by atoms with Crippen LogP contribution in [0.25, 0.3) is 0 Å². The Morgan fingerprint density at radius 2 is 2.00 bits per heavy atom. The molecule has 1 fully saturated rings. The maximum atomic E-state index is 12.5. The molecule has 4 rings (SSSR count). The van der Waals surface area contributed by atoms with E-state index >= 15 is 0 Å². The van der Waals surface area contributed by atoms with Crippen LogP contribution >= 0.6 is 23.1 Å². The van der Waals surface area contributed by atoms with Gasteiger partial charge in [0.05, 0.1) is 0 Å². The molecule has 0 spiro atoms. The standard InChI is InChI=1S/C18H19ClN2O4S/c19-14-15(26-21-16(14)22)17(23)20-9-18(6-2-1-3-7-18)11-4-5-12-13(8-11)25-10-24-12/h4-5,8H,1-3,6-7,9-10H2,(H,20,23)(H,21,22). The number of rotatable bonds is 4. The average molecular weight is 395 g/mol. The molecule has 26 heavy (non-hydrogen) atoms. The lowest BCUT2D eigenvalue weighted by molar-refractivity contribution is 0.0941. The summed E-state index contributed by atoms with van der Waals surface area (Å²) in [6.45, 7) is 0.737. The van der Waals surface area contributed by atoms with Crippen molar-refractivity contribution < 1.29 is 14.3 Å². The third-order valence-electron chi connectivity index (χ3n) is 5.23. The molecule has 2 N–H and O–H groups in total. The van der Waals surface area contributed by atoms with E-state index in [2.05, 4.69) is 15.8 Å². The molecule has 1 saturated carbocycles. The number of hydrogen-bond donors (Lipinski definition) is 2. The van der Waals surface area contributed by atoms with E-state index in [9.17, 15) is 9.59 Å². The Morgan fingerprint density at radius 1 is 1.23 bits per heavy atom. The predicted octanol–water partition coefficient (Wildman–Crippen LogP) is 3.45. The van der Waals surface area contributed by atoms with Crippen LogP contribution in [-0.4, -0.2) is 23.6 Å². The van der Waals surface area contributed by atoms with Gasteiger partial charge in [0.15, 0.2) is 11.5 Å². The largest absolute Gasteiger partial charge is 0.454 e. The molecule has 0 atom stereocenters. The highest BCUT2D eigenvalue weighted by molar-refractivity contribution is 7.08. The fourth-order valence-electron chi connectivity index (χ4n) is 3.79. The third kappa shape index (κ3) is 3.10. The van der Waals surface area contributed by atoms with Crippen molar-refractivity contribution in [2.75, 3.05) is 13.3 Å². The Morgan fingerprint density at radius 3 is 2.73 bits per heavy atom. The van der Waals surface area contributed by atoms with E-state index in [4.69, 9.17) is 21.1 Å². The minimum atomic E-state index is -0.426. The highest BCUT2D eigenvalue weighted by Gasteiger charge is 2.35.